The molecule has 0 saturated carbocycles. The second-order valence-electron chi connectivity index (χ2n) is 4.59. The van der Waals surface area contributed by atoms with Crippen LogP contribution in [0.4, 0.5) is 11.5 Å². The van der Waals surface area contributed by atoms with Crippen LogP contribution in [0.2, 0.25) is 0 Å². The number of rotatable bonds is 6. The predicted octanol–water partition coefficient (Wildman–Crippen LogP) is 1.52. The zero-order valence-electron chi connectivity index (χ0n) is 10.8. The lowest BCUT2D eigenvalue weighted by atomic mass is 10.1. The van der Waals surface area contributed by atoms with Gasteiger partial charge in [0.1, 0.15) is 17.6 Å². The number of aromatic nitrogens is 1. The Morgan fingerprint density at radius 1 is 1.63 bits per heavy atom. The molecule has 2 N–H and O–H groups in total. The third kappa shape index (κ3) is 3.88. The fourth-order valence-electron chi connectivity index (χ4n) is 1.58. The lowest BCUT2D eigenvalue weighted by Crippen LogP contribution is -2.36. The molecule has 0 radical (unpaired) electrons. The van der Waals surface area contributed by atoms with Gasteiger partial charge in [0, 0.05) is 13.2 Å². The van der Waals surface area contributed by atoms with E-state index in [2.05, 4.69) is 10.3 Å². The van der Waals surface area contributed by atoms with Crippen molar-refractivity contribution in [3.8, 4) is 0 Å². The number of carboxylic acid groups (broad SMARTS) is 1. The van der Waals surface area contributed by atoms with E-state index < -0.39 is 27.7 Å². The Morgan fingerprint density at radius 3 is 2.74 bits per heavy atom. The third-order valence-corrected chi connectivity index (χ3v) is 2.28. The lowest BCUT2D eigenvalue weighted by molar-refractivity contribution is -0.385. The van der Waals surface area contributed by atoms with Crippen LogP contribution >= 0.6 is 0 Å². The maximum absolute atomic E-state index is 11.0. The van der Waals surface area contributed by atoms with Gasteiger partial charge in [0.05, 0.1) is 17.1 Å². The quantitative estimate of drug-likeness (QED) is 0.594. The Hall–Kier alpha value is -2.22. The van der Waals surface area contributed by atoms with Crippen molar-refractivity contribution in [2.75, 3.05) is 19.0 Å². The molecule has 1 aromatic heterocycles. The molecular weight excluding hydrogens is 254 g/mol. The Kier molecular flexibility index (Phi) is 4.38. The van der Waals surface area contributed by atoms with Gasteiger partial charge in [0.2, 0.25) is 0 Å². The van der Waals surface area contributed by atoms with Gasteiger partial charge in [-0.05, 0) is 13.8 Å². The first kappa shape index (κ1) is 14.8. The normalized spacial score (nSPS) is 11.1. The van der Waals surface area contributed by atoms with Crippen molar-refractivity contribution < 1.29 is 19.6 Å². The summed E-state index contributed by atoms with van der Waals surface area (Å²) in [5.41, 5.74) is -1.42. The molecule has 0 saturated heterocycles. The number of pyridine rings is 1. The number of anilines is 1. The SMILES string of the molecule is COCC(C)(C)Nc1cc(C(=O)O)c([N+](=O)[O-])cn1. The average Bonchev–Trinajstić information content (AvgIpc) is 2.27. The Balaban J connectivity index is 3.09. The number of hydrogen-bond acceptors (Lipinski definition) is 6. The molecule has 0 bridgehead atoms. The van der Waals surface area contributed by atoms with Crippen LogP contribution in [0.25, 0.3) is 0 Å². The van der Waals surface area contributed by atoms with Crippen LogP contribution in [-0.4, -0.2) is 40.2 Å². The molecule has 8 heteroatoms. The summed E-state index contributed by atoms with van der Waals surface area (Å²) >= 11 is 0. The molecule has 0 aromatic carbocycles. The van der Waals surface area contributed by atoms with Gasteiger partial charge in [-0.25, -0.2) is 9.78 Å². The number of hydrogen-bond donors (Lipinski definition) is 2. The van der Waals surface area contributed by atoms with Gasteiger partial charge in [-0.3, -0.25) is 10.1 Å². The van der Waals surface area contributed by atoms with E-state index in [1.54, 1.807) is 0 Å². The summed E-state index contributed by atoms with van der Waals surface area (Å²) in [6.45, 7) is 4.04. The summed E-state index contributed by atoms with van der Waals surface area (Å²) in [4.78, 5) is 24.7. The van der Waals surface area contributed by atoms with Crippen LogP contribution < -0.4 is 5.32 Å². The molecule has 0 atom stereocenters. The summed E-state index contributed by atoms with van der Waals surface area (Å²) < 4.78 is 5.00. The van der Waals surface area contributed by atoms with Gasteiger partial charge in [0.15, 0.2) is 0 Å². The van der Waals surface area contributed by atoms with Crippen LogP contribution in [0.15, 0.2) is 12.3 Å². The standard InChI is InChI=1S/C11H15N3O5/c1-11(2,6-19-3)13-9-4-7(10(15)16)8(5-12-9)14(17)18/h4-5H,6H2,1-3H3,(H,12,13)(H,15,16). The monoisotopic (exact) mass is 269 g/mol. The highest BCUT2D eigenvalue weighted by Crippen LogP contribution is 2.22. The number of methoxy groups -OCH3 is 1. The number of aromatic carboxylic acids is 1. The van der Waals surface area contributed by atoms with Gasteiger partial charge >= 0.3 is 11.7 Å². The topological polar surface area (TPSA) is 115 Å². The summed E-state index contributed by atoms with van der Waals surface area (Å²) in [5, 5.41) is 22.6. The van der Waals surface area contributed by atoms with Crippen LogP contribution in [-0.2, 0) is 4.74 Å². The third-order valence-electron chi connectivity index (χ3n) is 2.28. The first-order valence-electron chi connectivity index (χ1n) is 5.41. The summed E-state index contributed by atoms with van der Waals surface area (Å²) in [5.74, 6) is -1.13. The van der Waals surface area contributed by atoms with Crippen molar-refractivity contribution in [3.05, 3.63) is 27.9 Å². The van der Waals surface area contributed by atoms with Crippen LogP contribution in [0, 0.1) is 10.1 Å². The number of nitro groups is 1. The van der Waals surface area contributed by atoms with Gasteiger partial charge in [0.25, 0.3) is 0 Å². The smallest absolute Gasteiger partial charge is 0.342 e. The number of carbonyl (C=O) groups is 1. The largest absolute Gasteiger partial charge is 0.477 e. The summed E-state index contributed by atoms with van der Waals surface area (Å²) in [7, 11) is 1.54. The zero-order chi connectivity index (χ0) is 14.6. The first-order chi connectivity index (χ1) is 8.76. The minimum Gasteiger partial charge on any atom is -0.477 e. The maximum atomic E-state index is 11.0. The molecule has 0 aliphatic heterocycles. The average molecular weight is 269 g/mol. The van der Waals surface area contributed by atoms with E-state index in [0.29, 0.717) is 6.61 Å². The highest BCUT2D eigenvalue weighted by atomic mass is 16.6. The van der Waals surface area contributed by atoms with E-state index in [1.807, 2.05) is 13.8 Å². The van der Waals surface area contributed by atoms with E-state index in [1.165, 1.54) is 7.11 Å². The number of carboxylic acids is 1. The second kappa shape index (κ2) is 5.61. The fourth-order valence-corrected chi connectivity index (χ4v) is 1.58. The minimum atomic E-state index is -1.37. The molecule has 0 amide bonds. The van der Waals surface area contributed by atoms with E-state index >= 15 is 0 Å². The fraction of sp³-hybridized carbons (Fsp3) is 0.455. The Morgan fingerprint density at radius 2 is 2.26 bits per heavy atom. The van der Waals surface area contributed by atoms with E-state index in [0.717, 1.165) is 12.3 Å². The van der Waals surface area contributed by atoms with Gasteiger partial charge in [-0.1, -0.05) is 0 Å². The number of ether oxygens (including phenoxy) is 1. The van der Waals surface area contributed by atoms with Crippen molar-refractivity contribution in [2.24, 2.45) is 0 Å². The van der Waals surface area contributed by atoms with Crippen molar-refractivity contribution in [2.45, 2.75) is 19.4 Å². The molecular formula is C11H15N3O5. The predicted molar refractivity (Wildman–Crippen MR) is 67.4 cm³/mol. The summed E-state index contributed by atoms with van der Waals surface area (Å²) in [6, 6.07) is 1.14. The Labute approximate surface area is 109 Å². The van der Waals surface area contributed by atoms with Gasteiger partial charge < -0.3 is 15.2 Å². The van der Waals surface area contributed by atoms with E-state index in [9.17, 15) is 14.9 Å². The molecule has 8 nitrogen and oxygen atoms in total. The van der Waals surface area contributed by atoms with Crippen LogP contribution in [0.1, 0.15) is 24.2 Å². The number of nitrogens with zero attached hydrogens (tertiary/aromatic N) is 2. The van der Waals surface area contributed by atoms with Crippen LogP contribution in [0.3, 0.4) is 0 Å². The molecule has 1 aromatic rings. The van der Waals surface area contributed by atoms with Crippen molar-refractivity contribution in [1.29, 1.82) is 0 Å². The molecule has 0 aliphatic carbocycles. The highest BCUT2D eigenvalue weighted by Gasteiger charge is 2.23. The van der Waals surface area contributed by atoms with E-state index in [4.69, 9.17) is 9.84 Å². The van der Waals surface area contributed by atoms with Crippen LogP contribution in [0.5, 0.6) is 0 Å². The molecule has 19 heavy (non-hydrogen) atoms. The molecule has 104 valence electrons. The van der Waals surface area contributed by atoms with Crippen molar-refractivity contribution in [3.63, 3.8) is 0 Å². The second-order valence-corrected chi connectivity index (χ2v) is 4.59. The molecule has 1 heterocycles. The van der Waals surface area contributed by atoms with Crippen molar-refractivity contribution in [1.82, 2.24) is 4.98 Å². The molecule has 0 aliphatic rings. The first-order valence-corrected chi connectivity index (χ1v) is 5.41. The minimum absolute atomic E-state index is 0.241. The molecule has 1 rings (SSSR count). The lowest BCUT2D eigenvalue weighted by Gasteiger charge is -2.25. The van der Waals surface area contributed by atoms with E-state index in [-0.39, 0.29) is 5.82 Å². The zero-order valence-corrected chi connectivity index (χ0v) is 10.8. The maximum Gasteiger partial charge on any atom is 0.342 e. The van der Waals surface area contributed by atoms with Gasteiger partial charge in [-0.15, -0.1) is 0 Å². The number of nitrogens with one attached hydrogen (secondary N) is 1. The Bertz CT molecular complexity index is 501. The van der Waals surface area contributed by atoms with Gasteiger partial charge in [-0.2, -0.15) is 0 Å². The highest BCUT2D eigenvalue weighted by molar-refractivity contribution is 5.93. The molecule has 0 unspecified atom stereocenters. The van der Waals surface area contributed by atoms with Crippen molar-refractivity contribution >= 4 is 17.5 Å². The molecule has 0 spiro atoms. The molecule has 0 fully saturated rings. The summed E-state index contributed by atoms with van der Waals surface area (Å²) in [6.07, 6.45) is 0.925.